The second-order valence-corrected chi connectivity index (χ2v) is 7.17. The highest BCUT2D eigenvalue weighted by molar-refractivity contribution is 6.10. The summed E-state index contributed by atoms with van der Waals surface area (Å²) < 4.78 is 10.6. The fourth-order valence-electron chi connectivity index (χ4n) is 1.68. The first kappa shape index (κ1) is 19.0. The van der Waals surface area contributed by atoms with E-state index in [1.54, 1.807) is 53.8 Å². The van der Waals surface area contributed by atoms with E-state index in [0.29, 0.717) is 0 Å². The summed E-state index contributed by atoms with van der Waals surface area (Å²) in [6.45, 7) is 10.4. The molecule has 1 aromatic rings. The molecule has 126 valence electrons. The summed E-state index contributed by atoms with van der Waals surface area (Å²) in [5, 5.41) is 0. The van der Waals surface area contributed by atoms with E-state index in [1.165, 1.54) is 0 Å². The molecule has 7 heteroatoms. The number of imide groups is 1. The van der Waals surface area contributed by atoms with Crippen LogP contribution in [0.1, 0.15) is 47.1 Å². The number of hydrogen-bond donors (Lipinski definition) is 0. The van der Waals surface area contributed by atoms with Gasteiger partial charge in [-0.3, -0.25) is 0 Å². The monoisotopic (exact) mass is 320 g/mol. The van der Waals surface area contributed by atoms with Crippen molar-refractivity contribution in [2.24, 2.45) is 0 Å². The van der Waals surface area contributed by atoms with E-state index >= 15 is 0 Å². The number of carbonyl (C=O) groups excluding carboxylic acids is 2. The molecule has 0 spiro atoms. The van der Waals surface area contributed by atoms with E-state index in [4.69, 9.17) is 9.47 Å². The summed E-state index contributed by atoms with van der Waals surface area (Å²) in [7, 11) is 1.98. The smallest absolute Gasteiger partial charge is 0.425 e. The fraction of sp³-hybridized carbons (Fsp3) is 0.562. The lowest BCUT2D eigenvalue weighted by molar-refractivity contribution is 0.0429. The topological polar surface area (TPSA) is 68.7 Å². The third-order valence-electron chi connectivity index (χ3n) is 2.60. The van der Waals surface area contributed by atoms with Gasteiger partial charge in [-0.2, -0.15) is 4.90 Å². The van der Waals surface area contributed by atoms with Gasteiger partial charge in [0.15, 0.2) is 0 Å². The molecular weight excluding hydrogens is 295 g/mol. The van der Waals surface area contributed by atoms with Crippen molar-refractivity contribution in [1.29, 1.82) is 0 Å². The first-order valence-corrected chi connectivity index (χ1v) is 7.64. The van der Waals surface area contributed by atoms with Crippen molar-refractivity contribution < 1.29 is 19.1 Å². The summed E-state index contributed by atoms with van der Waals surface area (Å²) in [6, 6.07) is 3.50. The van der Waals surface area contributed by atoms with Gasteiger partial charge >= 0.3 is 12.2 Å². The number of nitrogens with zero attached hydrogens (tertiary/aromatic N) is 2. The Balaban J connectivity index is 3.19. The van der Waals surface area contributed by atoms with Gasteiger partial charge in [0.2, 0.25) is 0 Å². The van der Waals surface area contributed by atoms with E-state index in [9.17, 15) is 9.59 Å². The molecule has 0 aliphatic rings. The zero-order valence-corrected chi connectivity index (χ0v) is 15.0. The van der Waals surface area contributed by atoms with Crippen LogP contribution in [0.5, 0.6) is 0 Å². The van der Waals surface area contributed by atoms with E-state index in [0.717, 1.165) is 16.8 Å². The number of hydrogen-bond acceptors (Lipinski definition) is 5. The van der Waals surface area contributed by atoms with Crippen molar-refractivity contribution in [2.45, 2.75) is 59.1 Å². The van der Waals surface area contributed by atoms with Gasteiger partial charge in [0, 0.05) is 6.20 Å². The minimum absolute atomic E-state index is 0.188. The predicted molar refractivity (Wildman–Crippen MR) is 91.4 cm³/mol. The highest BCUT2D eigenvalue weighted by Gasteiger charge is 2.33. The summed E-state index contributed by atoms with van der Waals surface area (Å²) in [4.78, 5) is 29.8. The lowest BCUT2D eigenvalue weighted by Crippen LogP contribution is -2.44. The van der Waals surface area contributed by atoms with Crippen molar-refractivity contribution in [3.8, 4) is 0 Å². The highest BCUT2D eigenvalue weighted by atomic mass is 16.6. The molecule has 1 heterocycles. The summed E-state index contributed by atoms with van der Waals surface area (Å²) in [6.07, 6.45) is 0.682. The molecule has 0 bridgehead atoms. The molecule has 0 aliphatic carbocycles. The van der Waals surface area contributed by atoms with E-state index < -0.39 is 23.4 Å². The Morgan fingerprint density at radius 3 is 1.96 bits per heavy atom. The molecule has 0 N–H and O–H groups in total. The second kappa shape index (κ2) is 7.02. The third-order valence-corrected chi connectivity index (χ3v) is 2.60. The molecule has 0 saturated heterocycles. The van der Waals surface area contributed by atoms with Gasteiger partial charge in [-0.05, 0) is 53.7 Å². The quantitative estimate of drug-likeness (QED) is 0.784. The van der Waals surface area contributed by atoms with Gasteiger partial charge in [0.05, 0.1) is 0 Å². The van der Waals surface area contributed by atoms with Crippen molar-refractivity contribution in [3.63, 3.8) is 0 Å². The standard InChI is InChI=1S/C16H25BN2O4/c1-15(2,3)22-13(20)19(14(21)23-16(4,5)6)12-9-11(10-17)7-8-18-12/h7-9H,10,17H2,1-6H3. The molecule has 0 aromatic carbocycles. The van der Waals surface area contributed by atoms with Gasteiger partial charge in [-0.25, -0.2) is 14.6 Å². The first-order chi connectivity index (χ1) is 10.4. The first-order valence-electron chi connectivity index (χ1n) is 7.64. The van der Waals surface area contributed by atoms with Crippen LogP contribution in [0.2, 0.25) is 0 Å². The summed E-state index contributed by atoms with van der Waals surface area (Å²) in [5.74, 6) is 0.188. The van der Waals surface area contributed by atoms with Crippen LogP contribution in [0.25, 0.3) is 0 Å². The molecule has 0 atom stereocenters. The van der Waals surface area contributed by atoms with Gasteiger partial charge in [-0.15, -0.1) is 0 Å². The molecule has 1 rings (SSSR count). The van der Waals surface area contributed by atoms with Crippen molar-refractivity contribution in [2.75, 3.05) is 4.90 Å². The Morgan fingerprint density at radius 2 is 1.57 bits per heavy atom. The predicted octanol–water partition coefficient (Wildman–Crippen LogP) is 2.89. The van der Waals surface area contributed by atoms with Gasteiger partial charge in [0.1, 0.15) is 24.9 Å². The van der Waals surface area contributed by atoms with Crippen LogP contribution in [0, 0.1) is 0 Å². The van der Waals surface area contributed by atoms with E-state index in [1.807, 2.05) is 13.9 Å². The molecule has 0 unspecified atom stereocenters. The van der Waals surface area contributed by atoms with Crippen LogP contribution in [0.15, 0.2) is 18.3 Å². The average Bonchev–Trinajstić information content (AvgIpc) is 2.34. The van der Waals surface area contributed by atoms with Gasteiger partial charge < -0.3 is 9.47 Å². The Bertz CT molecular complexity index is 548. The molecule has 0 aliphatic heterocycles. The maximum atomic E-state index is 12.4. The summed E-state index contributed by atoms with van der Waals surface area (Å²) >= 11 is 0. The Kier molecular flexibility index (Phi) is 5.80. The third kappa shape index (κ3) is 6.30. The summed E-state index contributed by atoms with van der Waals surface area (Å²) in [5.41, 5.74) is -0.522. The van der Waals surface area contributed by atoms with Crippen LogP contribution >= 0.6 is 0 Å². The van der Waals surface area contributed by atoms with Gasteiger partial charge in [0.25, 0.3) is 0 Å². The van der Waals surface area contributed by atoms with Crippen molar-refractivity contribution in [1.82, 2.24) is 4.98 Å². The number of amides is 2. The number of rotatable bonds is 2. The van der Waals surface area contributed by atoms with E-state index in [2.05, 4.69) is 4.98 Å². The number of aromatic nitrogens is 1. The second-order valence-electron chi connectivity index (χ2n) is 7.17. The zero-order chi connectivity index (χ0) is 17.8. The molecule has 0 saturated carbocycles. The molecule has 2 amide bonds. The van der Waals surface area contributed by atoms with Crippen LogP contribution in [0.3, 0.4) is 0 Å². The van der Waals surface area contributed by atoms with Crippen LogP contribution in [0.4, 0.5) is 15.4 Å². The number of carbonyl (C=O) groups is 2. The lowest BCUT2D eigenvalue weighted by Gasteiger charge is -2.28. The maximum absolute atomic E-state index is 12.4. The fourth-order valence-corrected chi connectivity index (χ4v) is 1.68. The largest absolute Gasteiger partial charge is 0.443 e. The van der Waals surface area contributed by atoms with Crippen molar-refractivity contribution >= 4 is 25.9 Å². The molecular formula is C16H25BN2O4. The average molecular weight is 320 g/mol. The van der Waals surface area contributed by atoms with Crippen LogP contribution in [-0.2, 0) is 15.8 Å². The Labute approximate surface area is 138 Å². The molecule has 0 radical (unpaired) electrons. The Morgan fingerprint density at radius 1 is 1.09 bits per heavy atom. The zero-order valence-electron chi connectivity index (χ0n) is 15.0. The molecule has 1 aromatic heterocycles. The normalized spacial score (nSPS) is 11.7. The number of pyridine rings is 1. The Hall–Kier alpha value is -2.05. The minimum Gasteiger partial charge on any atom is -0.443 e. The maximum Gasteiger partial charge on any atom is 0.425 e. The lowest BCUT2D eigenvalue weighted by atomic mass is 9.98. The van der Waals surface area contributed by atoms with Crippen LogP contribution in [-0.4, -0.2) is 36.2 Å². The SMILES string of the molecule is BCc1ccnc(N(C(=O)OC(C)(C)C)C(=O)OC(C)(C)C)c1. The molecule has 0 fully saturated rings. The van der Waals surface area contributed by atoms with Crippen LogP contribution < -0.4 is 4.90 Å². The number of ether oxygens (including phenoxy) is 2. The minimum atomic E-state index is -0.812. The highest BCUT2D eigenvalue weighted by Crippen LogP contribution is 2.20. The molecule has 6 nitrogen and oxygen atoms in total. The van der Waals surface area contributed by atoms with Crippen molar-refractivity contribution in [3.05, 3.63) is 23.9 Å². The van der Waals surface area contributed by atoms with Gasteiger partial charge in [-0.1, -0.05) is 11.9 Å². The number of anilines is 1. The molecule has 23 heavy (non-hydrogen) atoms. The van der Waals surface area contributed by atoms with E-state index in [-0.39, 0.29) is 5.82 Å².